The molecule has 158 valence electrons. The van der Waals surface area contributed by atoms with E-state index in [4.69, 9.17) is 0 Å². The molecule has 4 aliphatic rings. The Morgan fingerprint density at radius 2 is 1.89 bits per heavy atom. The lowest BCUT2D eigenvalue weighted by molar-refractivity contribution is -0.172. The third-order valence-electron chi connectivity index (χ3n) is 10.2. The molecule has 4 fully saturated rings. The van der Waals surface area contributed by atoms with Gasteiger partial charge in [-0.3, -0.25) is 4.79 Å². The minimum Gasteiger partial charge on any atom is -0.390 e. The molecule has 0 aromatic heterocycles. The van der Waals surface area contributed by atoms with E-state index < -0.39 is 5.60 Å². The van der Waals surface area contributed by atoms with Gasteiger partial charge in [-0.15, -0.1) is 6.58 Å². The maximum Gasteiger partial charge on any atom is 0.222 e. The number of rotatable bonds is 3. The monoisotopic (exact) mass is 387 g/mol. The Morgan fingerprint density at radius 1 is 1.21 bits per heavy atom. The van der Waals surface area contributed by atoms with Gasteiger partial charge in [0.15, 0.2) is 0 Å². The van der Waals surface area contributed by atoms with Gasteiger partial charge in [-0.05, 0) is 92.3 Å². The molecule has 1 N–H and O–H groups in total. The molecule has 3 saturated carbocycles. The molecule has 1 saturated heterocycles. The highest BCUT2D eigenvalue weighted by molar-refractivity contribution is 5.77. The van der Waals surface area contributed by atoms with Gasteiger partial charge in [0.1, 0.15) is 0 Å². The van der Waals surface area contributed by atoms with Crippen LogP contribution in [0.1, 0.15) is 79.1 Å². The number of likely N-dealkylation sites (tertiary alicyclic amines) is 1. The number of fused-ring (bicyclic) bond motifs is 5. The van der Waals surface area contributed by atoms with E-state index in [-0.39, 0.29) is 10.8 Å². The summed E-state index contributed by atoms with van der Waals surface area (Å²) in [4.78, 5) is 14.5. The summed E-state index contributed by atoms with van der Waals surface area (Å²) < 4.78 is 0. The van der Waals surface area contributed by atoms with E-state index in [2.05, 4.69) is 32.3 Å². The topological polar surface area (TPSA) is 40.5 Å². The molecule has 0 radical (unpaired) electrons. The van der Waals surface area contributed by atoms with Crippen molar-refractivity contribution >= 4 is 5.91 Å². The number of hydrogen-bond acceptors (Lipinski definition) is 2. The standard InChI is InChI=1S/C25H41NO2/c1-7-12-25(5,28)19-9-8-17-22-16(2)15-20-24(4,14-11-21(27)26(20)6)18(22)10-13-23(17,19)3/h7,16-20,22,28H,1,8-15H2,2-6H3/t16?,17-,18-,19-,20?,22-,23-,24+,25?/m0/s1. The largest absolute Gasteiger partial charge is 0.390 e. The quantitative estimate of drug-likeness (QED) is 0.689. The number of hydrogen-bond donors (Lipinski definition) is 1. The fourth-order valence-corrected chi connectivity index (χ4v) is 8.92. The molecule has 3 heteroatoms. The maximum atomic E-state index is 12.4. The first-order valence-corrected chi connectivity index (χ1v) is 11.6. The second-order valence-corrected chi connectivity index (χ2v) is 11.6. The molecule has 0 bridgehead atoms. The fourth-order valence-electron chi connectivity index (χ4n) is 8.92. The zero-order valence-electron chi connectivity index (χ0n) is 18.7. The third-order valence-corrected chi connectivity index (χ3v) is 10.2. The highest BCUT2D eigenvalue weighted by atomic mass is 16.3. The van der Waals surface area contributed by atoms with Crippen LogP contribution in [0, 0.1) is 40.4 Å². The summed E-state index contributed by atoms with van der Waals surface area (Å²) >= 11 is 0. The summed E-state index contributed by atoms with van der Waals surface area (Å²) in [6.45, 7) is 13.4. The zero-order valence-corrected chi connectivity index (χ0v) is 18.7. The van der Waals surface area contributed by atoms with Gasteiger partial charge in [0.05, 0.1) is 5.60 Å². The van der Waals surface area contributed by atoms with Gasteiger partial charge in [-0.2, -0.15) is 0 Å². The number of amides is 1. The van der Waals surface area contributed by atoms with Crippen LogP contribution in [0.15, 0.2) is 12.7 Å². The molecule has 28 heavy (non-hydrogen) atoms. The molecule has 3 nitrogen and oxygen atoms in total. The summed E-state index contributed by atoms with van der Waals surface area (Å²) in [7, 11) is 2.04. The summed E-state index contributed by atoms with van der Waals surface area (Å²) in [5, 5.41) is 11.3. The van der Waals surface area contributed by atoms with Gasteiger partial charge in [0.25, 0.3) is 0 Å². The van der Waals surface area contributed by atoms with E-state index in [0.29, 0.717) is 36.1 Å². The Labute approximate surface area is 172 Å². The van der Waals surface area contributed by atoms with Crippen LogP contribution >= 0.6 is 0 Å². The Morgan fingerprint density at radius 3 is 2.57 bits per heavy atom. The van der Waals surface area contributed by atoms with Crippen LogP contribution < -0.4 is 0 Å². The molecule has 9 atom stereocenters. The van der Waals surface area contributed by atoms with Crippen LogP contribution in [0.25, 0.3) is 0 Å². The van der Waals surface area contributed by atoms with Gasteiger partial charge >= 0.3 is 0 Å². The molecule has 1 heterocycles. The van der Waals surface area contributed by atoms with Crippen LogP contribution in [-0.4, -0.2) is 34.6 Å². The number of carbonyl (C=O) groups is 1. The van der Waals surface area contributed by atoms with Crippen molar-refractivity contribution in [2.24, 2.45) is 40.4 Å². The molecule has 3 aliphatic carbocycles. The SMILES string of the molecule is C=CCC(C)(O)[C@H]1CC[C@H]2[C@@H]3C(C)CC4N(C)C(=O)CC[C@]4(C)[C@H]3CC[C@]12C. The minimum absolute atomic E-state index is 0.238. The summed E-state index contributed by atoms with van der Waals surface area (Å²) in [5.41, 5.74) is -0.135. The van der Waals surface area contributed by atoms with E-state index in [1.54, 1.807) is 0 Å². The third kappa shape index (κ3) is 2.67. The smallest absolute Gasteiger partial charge is 0.222 e. The molecule has 0 aromatic rings. The molecule has 0 spiro atoms. The average Bonchev–Trinajstić information content (AvgIpc) is 2.98. The van der Waals surface area contributed by atoms with Crippen molar-refractivity contribution in [3.63, 3.8) is 0 Å². The van der Waals surface area contributed by atoms with Crippen molar-refractivity contribution in [2.45, 2.75) is 90.7 Å². The lowest BCUT2D eigenvalue weighted by Crippen LogP contribution is -2.63. The fraction of sp³-hybridized carbons (Fsp3) is 0.880. The minimum atomic E-state index is -0.639. The molecule has 4 rings (SSSR count). The van der Waals surface area contributed by atoms with E-state index in [1.165, 1.54) is 19.3 Å². The predicted molar refractivity (Wildman–Crippen MR) is 114 cm³/mol. The molecule has 3 unspecified atom stereocenters. The van der Waals surface area contributed by atoms with Crippen LogP contribution in [-0.2, 0) is 4.79 Å². The summed E-state index contributed by atoms with van der Waals surface area (Å²) in [6, 6.07) is 0.412. The highest BCUT2D eigenvalue weighted by Gasteiger charge is 2.64. The zero-order chi connectivity index (χ0) is 20.5. The van der Waals surface area contributed by atoms with Crippen molar-refractivity contribution in [2.75, 3.05) is 7.05 Å². The van der Waals surface area contributed by atoms with Gasteiger partial charge < -0.3 is 10.0 Å². The first kappa shape index (κ1) is 20.4. The average molecular weight is 388 g/mol. The van der Waals surface area contributed by atoms with Crippen molar-refractivity contribution in [1.29, 1.82) is 0 Å². The van der Waals surface area contributed by atoms with Gasteiger partial charge in [0, 0.05) is 19.5 Å². The lowest BCUT2D eigenvalue weighted by Gasteiger charge is -2.64. The van der Waals surface area contributed by atoms with Gasteiger partial charge in [0.2, 0.25) is 5.91 Å². The number of carbonyl (C=O) groups excluding carboxylic acids is 1. The lowest BCUT2D eigenvalue weighted by atomic mass is 9.44. The summed E-state index contributed by atoms with van der Waals surface area (Å²) in [5.74, 6) is 3.55. The Bertz CT molecular complexity index is 657. The number of aliphatic hydroxyl groups is 1. The second-order valence-electron chi connectivity index (χ2n) is 11.6. The number of piperidine rings is 1. The van der Waals surface area contributed by atoms with Crippen molar-refractivity contribution in [3.05, 3.63) is 12.7 Å². The van der Waals surface area contributed by atoms with Gasteiger partial charge in [-0.1, -0.05) is 26.8 Å². The predicted octanol–water partition coefficient (Wildman–Crippen LogP) is 5.04. The molecular weight excluding hydrogens is 346 g/mol. The van der Waals surface area contributed by atoms with Crippen molar-refractivity contribution in [1.82, 2.24) is 4.90 Å². The number of nitrogens with zero attached hydrogens (tertiary/aromatic N) is 1. The van der Waals surface area contributed by atoms with E-state index >= 15 is 0 Å². The molecule has 0 aromatic carbocycles. The summed E-state index contributed by atoms with van der Waals surface area (Å²) in [6.07, 6.45) is 10.4. The normalized spacial score (nSPS) is 50.4. The van der Waals surface area contributed by atoms with E-state index in [0.717, 1.165) is 37.5 Å². The maximum absolute atomic E-state index is 12.4. The van der Waals surface area contributed by atoms with Crippen LogP contribution in [0.5, 0.6) is 0 Å². The Kier molecular flexibility index (Phi) is 4.81. The molecule has 1 aliphatic heterocycles. The second kappa shape index (κ2) is 6.59. The molecule has 1 amide bonds. The van der Waals surface area contributed by atoms with Gasteiger partial charge in [-0.25, -0.2) is 0 Å². The Hall–Kier alpha value is -0.830. The van der Waals surface area contributed by atoms with E-state index in [1.807, 2.05) is 20.0 Å². The van der Waals surface area contributed by atoms with Crippen LogP contribution in [0.3, 0.4) is 0 Å². The van der Waals surface area contributed by atoms with E-state index in [9.17, 15) is 9.90 Å². The first-order chi connectivity index (χ1) is 13.1. The Balaban J connectivity index is 1.66. The van der Waals surface area contributed by atoms with Crippen molar-refractivity contribution < 1.29 is 9.90 Å². The first-order valence-electron chi connectivity index (χ1n) is 11.6. The van der Waals surface area contributed by atoms with Crippen molar-refractivity contribution in [3.8, 4) is 0 Å². The van der Waals surface area contributed by atoms with Crippen LogP contribution in [0.4, 0.5) is 0 Å². The molecular formula is C25H41NO2. The highest BCUT2D eigenvalue weighted by Crippen LogP contribution is 2.68. The van der Waals surface area contributed by atoms with Crippen LogP contribution in [0.2, 0.25) is 0 Å².